The van der Waals surface area contributed by atoms with Crippen LogP contribution in [-0.4, -0.2) is 28.9 Å². The van der Waals surface area contributed by atoms with Crippen molar-refractivity contribution in [2.24, 2.45) is 4.99 Å². The Balaban J connectivity index is 1.99. The molecule has 3 heterocycles. The van der Waals surface area contributed by atoms with Gasteiger partial charge in [0.2, 0.25) is 0 Å². The van der Waals surface area contributed by atoms with Gasteiger partial charge in [-0.15, -0.1) is 11.3 Å². The maximum absolute atomic E-state index is 6.23. The fourth-order valence-electron chi connectivity index (χ4n) is 3.88. The maximum Gasteiger partial charge on any atom is 0.166 e. The fourth-order valence-corrected chi connectivity index (χ4v) is 4.48. The molecule has 0 saturated carbocycles. The molecule has 2 aliphatic heterocycles. The van der Waals surface area contributed by atoms with Gasteiger partial charge in [0.15, 0.2) is 11.5 Å². The number of nitrogens with zero attached hydrogens (tertiary/aromatic N) is 2. The van der Waals surface area contributed by atoms with Crippen LogP contribution in [0, 0.1) is 6.92 Å². The molecule has 0 radical (unpaired) electrons. The second-order valence-corrected chi connectivity index (χ2v) is 9.22. The Kier molecular flexibility index (Phi) is 3.52. The topological polar surface area (TPSA) is 43.7 Å². The van der Waals surface area contributed by atoms with Crippen LogP contribution in [0.15, 0.2) is 16.4 Å². The van der Waals surface area contributed by atoms with Crippen molar-refractivity contribution >= 4 is 17.0 Å². The van der Waals surface area contributed by atoms with Crippen molar-refractivity contribution < 1.29 is 9.47 Å². The molecule has 2 aromatic rings. The Bertz CT molecular complexity index is 893. The Labute approximate surface area is 152 Å². The summed E-state index contributed by atoms with van der Waals surface area (Å²) < 4.78 is 11.9. The predicted octanol–water partition coefficient (Wildman–Crippen LogP) is 4.35. The van der Waals surface area contributed by atoms with Gasteiger partial charge in [-0.3, -0.25) is 4.99 Å². The van der Waals surface area contributed by atoms with Gasteiger partial charge in [0.05, 0.1) is 23.4 Å². The summed E-state index contributed by atoms with van der Waals surface area (Å²) >= 11 is 1.67. The van der Waals surface area contributed by atoms with Gasteiger partial charge >= 0.3 is 0 Å². The lowest BCUT2D eigenvalue weighted by atomic mass is 9.82. The molecule has 0 aliphatic carbocycles. The number of benzene rings is 1. The molecule has 132 valence electrons. The standard InChI is InChI=1S/C20H24N2O2S/c1-11-21-14(10-25-11)17-16-12(8-19(2,3)22-17)7-15(23-6)18-13(16)9-20(4,5)24-18/h7,10H,8-9H2,1-6H3. The van der Waals surface area contributed by atoms with E-state index in [0.717, 1.165) is 40.8 Å². The highest BCUT2D eigenvalue weighted by molar-refractivity contribution is 7.09. The molecule has 5 heteroatoms. The van der Waals surface area contributed by atoms with Gasteiger partial charge in [0, 0.05) is 22.9 Å². The Morgan fingerprint density at radius 2 is 1.96 bits per heavy atom. The molecular formula is C20H24N2O2S. The first kappa shape index (κ1) is 16.6. The highest BCUT2D eigenvalue weighted by atomic mass is 32.1. The van der Waals surface area contributed by atoms with Crippen LogP contribution < -0.4 is 9.47 Å². The Morgan fingerprint density at radius 3 is 2.60 bits per heavy atom. The van der Waals surface area contributed by atoms with E-state index in [1.54, 1.807) is 18.4 Å². The van der Waals surface area contributed by atoms with E-state index in [4.69, 9.17) is 19.5 Å². The molecule has 0 N–H and O–H groups in total. The van der Waals surface area contributed by atoms with Crippen molar-refractivity contribution in [1.82, 2.24) is 4.98 Å². The van der Waals surface area contributed by atoms with E-state index in [9.17, 15) is 0 Å². The summed E-state index contributed by atoms with van der Waals surface area (Å²) in [5, 5.41) is 3.17. The molecule has 0 unspecified atom stereocenters. The molecule has 0 atom stereocenters. The van der Waals surface area contributed by atoms with Crippen molar-refractivity contribution in [3.63, 3.8) is 0 Å². The van der Waals surface area contributed by atoms with Gasteiger partial charge in [0.25, 0.3) is 0 Å². The van der Waals surface area contributed by atoms with Crippen LogP contribution in [0.2, 0.25) is 0 Å². The number of aryl methyl sites for hydroxylation is 1. The van der Waals surface area contributed by atoms with E-state index in [0.29, 0.717) is 0 Å². The van der Waals surface area contributed by atoms with Crippen LogP contribution in [0.25, 0.3) is 0 Å². The molecule has 25 heavy (non-hydrogen) atoms. The zero-order valence-corrected chi connectivity index (χ0v) is 16.5. The number of thiazole rings is 1. The maximum atomic E-state index is 6.23. The molecule has 4 nitrogen and oxygen atoms in total. The smallest absolute Gasteiger partial charge is 0.166 e. The number of ether oxygens (including phenoxy) is 2. The van der Waals surface area contributed by atoms with Crippen LogP contribution in [0.5, 0.6) is 11.5 Å². The molecule has 2 aliphatic rings. The van der Waals surface area contributed by atoms with Crippen LogP contribution in [0.1, 0.15) is 55.1 Å². The Morgan fingerprint density at radius 1 is 1.20 bits per heavy atom. The zero-order valence-electron chi connectivity index (χ0n) is 15.7. The third kappa shape index (κ3) is 2.74. The lowest BCUT2D eigenvalue weighted by Crippen LogP contribution is -2.30. The average Bonchev–Trinajstić information content (AvgIpc) is 3.06. The number of hydrogen-bond acceptors (Lipinski definition) is 5. The van der Waals surface area contributed by atoms with Gasteiger partial charge in [0.1, 0.15) is 11.3 Å². The molecule has 0 saturated heterocycles. The van der Waals surface area contributed by atoms with E-state index in [-0.39, 0.29) is 11.1 Å². The van der Waals surface area contributed by atoms with E-state index in [1.807, 2.05) is 6.92 Å². The second kappa shape index (κ2) is 5.31. The number of rotatable bonds is 2. The first-order chi connectivity index (χ1) is 11.7. The van der Waals surface area contributed by atoms with E-state index >= 15 is 0 Å². The van der Waals surface area contributed by atoms with E-state index in [1.165, 1.54) is 16.7 Å². The average molecular weight is 356 g/mol. The molecular weight excluding hydrogens is 332 g/mol. The number of aliphatic imine (C=N–C) groups is 1. The first-order valence-corrected chi connectivity index (χ1v) is 9.51. The first-order valence-electron chi connectivity index (χ1n) is 8.64. The summed E-state index contributed by atoms with van der Waals surface area (Å²) in [6.07, 6.45) is 1.74. The third-order valence-electron chi connectivity index (χ3n) is 4.76. The highest BCUT2D eigenvalue weighted by Gasteiger charge is 2.40. The predicted molar refractivity (Wildman–Crippen MR) is 102 cm³/mol. The highest BCUT2D eigenvalue weighted by Crippen LogP contribution is 2.47. The van der Waals surface area contributed by atoms with Gasteiger partial charge < -0.3 is 9.47 Å². The lowest BCUT2D eigenvalue weighted by Gasteiger charge is -2.30. The van der Waals surface area contributed by atoms with E-state index < -0.39 is 0 Å². The van der Waals surface area contributed by atoms with Crippen LogP contribution in [0.4, 0.5) is 0 Å². The number of aromatic nitrogens is 1. The van der Waals surface area contributed by atoms with Crippen molar-refractivity contribution in [3.8, 4) is 11.5 Å². The van der Waals surface area contributed by atoms with Gasteiger partial charge in [-0.05, 0) is 52.7 Å². The fraction of sp³-hybridized carbons (Fsp3) is 0.500. The largest absolute Gasteiger partial charge is 0.493 e. The monoisotopic (exact) mass is 356 g/mol. The summed E-state index contributed by atoms with van der Waals surface area (Å²) in [5.41, 5.74) is 5.25. The molecule has 1 aromatic heterocycles. The third-order valence-corrected chi connectivity index (χ3v) is 5.54. The van der Waals surface area contributed by atoms with Crippen molar-refractivity contribution in [2.75, 3.05) is 7.11 Å². The van der Waals surface area contributed by atoms with Crippen molar-refractivity contribution in [2.45, 2.75) is 58.6 Å². The summed E-state index contributed by atoms with van der Waals surface area (Å²) in [4.78, 5) is 9.80. The normalized spacial score (nSPS) is 19.7. The molecule has 0 bridgehead atoms. The lowest BCUT2D eigenvalue weighted by molar-refractivity contribution is 0.134. The quantitative estimate of drug-likeness (QED) is 0.804. The summed E-state index contributed by atoms with van der Waals surface area (Å²) in [7, 11) is 1.71. The van der Waals surface area contributed by atoms with Gasteiger partial charge in [-0.25, -0.2) is 4.98 Å². The molecule has 1 aromatic carbocycles. The molecule has 4 rings (SSSR count). The zero-order chi connectivity index (χ0) is 18.0. The number of fused-ring (bicyclic) bond motifs is 3. The van der Waals surface area contributed by atoms with Crippen molar-refractivity contribution in [1.29, 1.82) is 0 Å². The molecule has 0 amide bonds. The van der Waals surface area contributed by atoms with Crippen LogP contribution in [0.3, 0.4) is 0 Å². The van der Waals surface area contributed by atoms with Gasteiger partial charge in [-0.2, -0.15) is 0 Å². The minimum atomic E-state index is -0.235. The summed E-state index contributed by atoms with van der Waals surface area (Å²) in [6.45, 7) is 10.6. The summed E-state index contributed by atoms with van der Waals surface area (Å²) in [5.74, 6) is 1.69. The second-order valence-electron chi connectivity index (χ2n) is 8.16. The van der Waals surface area contributed by atoms with Crippen LogP contribution >= 0.6 is 11.3 Å². The molecule has 0 spiro atoms. The number of methoxy groups -OCH3 is 1. The van der Waals surface area contributed by atoms with Gasteiger partial charge in [-0.1, -0.05) is 0 Å². The summed E-state index contributed by atoms with van der Waals surface area (Å²) in [6, 6.07) is 2.13. The molecule has 0 fully saturated rings. The minimum absolute atomic E-state index is 0.159. The SMILES string of the molecule is COc1cc2c(c3c1OC(C)(C)C3)C(c1csc(C)n1)=NC(C)(C)C2. The Hall–Kier alpha value is -1.88. The van der Waals surface area contributed by atoms with Crippen molar-refractivity contribution in [3.05, 3.63) is 38.8 Å². The minimum Gasteiger partial charge on any atom is -0.493 e. The number of hydrogen-bond donors (Lipinski definition) is 0. The van der Waals surface area contributed by atoms with E-state index in [2.05, 4.69) is 39.1 Å². The van der Waals surface area contributed by atoms with Crippen LogP contribution in [-0.2, 0) is 12.8 Å².